The largest absolute Gasteiger partial charge is 0.383 e. The lowest BCUT2D eigenvalue weighted by atomic mass is 10.1. The molecule has 1 aliphatic heterocycles. The standard InChI is InChI=1S/C21H36N4OS/c22-20-19(12-11-14-23-20)21(26)24-13-9-7-5-3-1-2-4-6-8-10-15-25-16-17-27-18-25/h11-12,14H,1-10,13,15-18H2,(H2,22,23)(H,24,26). The number of carbonyl (C=O) groups is 1. The Labute approximate surface area is 168 Å². The lowest BCUT2D eigenvalue weighted by Gasteiger charge is -2.12. The van der Waals surface area contributed by atoms with Crippen molar-refractivity contribution in [3.05, 3.63) is 23.9 Å². The van der Waals surface area contributed by atoms with Gasteiger partial charge in [0, 0.05) is 30.9 Å². The van der Waals surface area contributed by atoms with Crippen LogP contribution in [0.1, 0.15) is 74.6 Å². The third-order valence-electron chi connectivity index (χ3n) is 5.10. The van der Waals surface area contributed by atoms with Crippen molar-refractivity contribution in [3.8, 4) is 0 Å². The highest BCUT2D eigenvalue weighted by molar-refractivity contribution is 7.99. The summed E-state index contributed by atoms with van der Waals surface area (Å²) in [6, 6.07) is 3.45. The molecule has 1 amide bonds. The number of aromatic nitrogens is 1. The summed E-state index contributed by atoms with van der Waals surface area (Å²) in [7, 11) is 0. The Balaban J connectivity index is 1.32. The smallest absolute Gasteiger partial charge is 0.255 e. The van der Waals surface area contributed by atoms with Gasteiger partial charge in [0.1, 0.15) is 5.82 Å². The molecule has 1 aromatic rings. The third-order valence-corrected chi connectivity index (χ3v) is 6.11. The van der Waals surface area contributed by atoms with Crippen molar-refractivity contribution in [2.24, 2.45) is 0 Å². The minimum Gasteiger partial charge on any atom is -0.383 e. The minimum atomic E-state index is -0.121. The van der Waals surface area contributed by atoms with Gasteiger partial charge in [-0.2, -0.15) is 0 Å². The fraction of sp³-hybridized carbons (Fsp3) is 0.714. The van der Waals surface area contributed by atoms with Crippen molar-refractivity contribution < 1.29 is 4.79 Å². The van der Waals surface area contributed by atoms with E-state index in [0.717, 1.165) is 6.42 Å². The van der Waals surface area contributed by atoms with E-state index in [-0.39, 0.29) is 5.91 Å². The fourth-order valence-electron chi connectivity index (χ4n) is 3.41. The average Bonchev–Trinajstić information content (AvgIpc) is 3.19. The Morgan fingerprint density at radius 2 is 1.74 bits per heavy atom. The molecule has 0 aliphatic carbocycles. The number of rotatable bonds is 14. The van der Waals surface area contributed by atoms with Gasteiger partial charge in [-0.3, -0.25) is 9.69 Å². The number of thioether (sulfide) groups is 1. The maximum atomic E-state index is 12.0. The molecular weight excluding hydrogens is 356 g/mol. The van der Waals surface area contributed by atoms with Gasteiger partial charge in [0.15, 0.2) is 0 Å². The zero-order chi connectivity index (χ0) is 19.2. The molecule has 1 aromatic heterocycles. The minimum absolute atomic E-state index is 0.121. The molecule has 6 heteroatoms. The molecule has 0 unspecified atom stereocenters. The van der Waals surface area contributed by atoms with Crippen LogP contribution >= 0.6 is 11.8 Å². The van der Waals surface area contributed by atoms with Crippen molar-refractivity contribution in [1.29, 1.82) is 0 Å². The summed E-state index contributed by atoms with van der Waals surface area (Å²) >= 11 is 2.07. The van der Waals surface area contributed by atoms with Gasteiger partial charge in [0.2, 0.25) is 0 Å². The molecule has 1 fully saturated rings. The average molecular weight is 393 g/mol. The molecule has 0 aromatic carbocycles. The topological polar surface area (TPSA) is 71.2 Å². The van der Waals surface area contributed by atoms with Crippen molar-refractivity contribution in [2.75, 3.05) is 37.0 Å². The molecular formula is C21H36N4OS. The number of anilines is 1. The molecule has 27 heavy (non-hydrogen) atoms. The zero-order valence-corrected chi connectivity index (χ0v) is 17.4. The van der Waals surface area contributed by atoms with Gasteiger partial charge < -0.3 is 11.1 Å². The second-order valence-corrected chi connectivity index (χ2v) is 8.46. The van der Waals surface area contributed by atoms with Crippen molar-refractivity contribution in [3.63, 3.8) is 0 Å². The van der Waals surface area contributed by atoms with Gasteiger partial charge >= 0.3 is 0 Å². The van der Waals surface area contributed by atoms with Crippen LogP contribution in [-0.2, 0) is 0 Å². The molecule has 2 heterocycles. The zero-order valence-electron chi connectivity index (χ0n) is 16.6. The number of nitrogens with one attached hydrogen (secondary N) is 1. The molecule has 3 N–H and O–H groups in total. The normalized spacial score (nSPS) is 14.5. The molecule has 0 bridgehead atoms. The fourth-order valence-corrected chi connectivity index (χ4v) is 4.44. The molecule has 1 saturated heterocycles. The van der Waals surface area contributed by atoms with Crippen molar-refractivity contribution >= 4 is 23.5 Å². The van der Waals surface area contributed by atoms with E-state index in [1.807, 2.05) is 0 Å². The monoisotopic (exact) mass is 392 g/mol. The van der Waals surface area contributed by atoms with E-state index in [9.17, 15) is 4.79 Å². The molecule has 0 spiro atoms. The first-order chi connectivity index (χ1) is 13.3. The van der Waals surface area contributed by atoms with Gasteiger partial charge in [-0.1, -0.05) is 51.4 Å². The number of nitrogens with zero attached hydrogens (tertiary/aromatic N) is 2. The number of hydrogen-bond donors (Lipinski definition) is 2. The Hall–Kier alpha value is -1.27. The molecule has 0 atom stereocenters. The first kappa shape index (κ1) is 22.0. The predicted octanol–water partition coefficient (Wildman–Crippen LogP) is 4.30. The van der Waals surface area contributed by atoms with E-state index in [0.29, 0.717) is 17.9 Å². The van der Waals surface area contributed by atoms with Crippen LogP contribution in [0.15, 0.2) is 18.3 Å². The van der Waals surface area contributed by atoms with Crippen LogP contribution in [0.25, 0.3) is 0 Å². The Kier molecular flexibility index (Phi) is 11.3. The summed E-state index contributed by atoms with van der Waals surface area (Å²) in [5.74, 6) is 2.75. The summed E-state index contributed by atoms with van der Waals surface area (Å²) in [6.07, 6.45) is 14.6. The van der Waals surface area contributed by atoms with Crippen LogP contribution in [0.2, 0.25) is 0 Å². The Morgan fingerprint density at radius 1 is 1.07 bits per heavy atom. The highest BCUT2D eigenvalue weighted by atomic mass is 32.2. The van der Waals surface area contributed by atoms with Gasteiger partial charge in [-0.05, 0) is 31.5 Å². The second-order valence-electron chi connectivity index (χ2n) is 7.38. The highest BCUT2D eigenvalue weighted by Gasteiger charge is 2.10. The number of carbonyl (C=O) groups excluding carboxylic acids is 1. The number of unbranched alkanes of at least 4 members (excludes halogenated alkanes) is 9. The maximum Gasteiger partial charge on any atom is 0.255 e. The summed E-state index contributed by atoms with van der Waals surface area (Å²) in [5, 5.41) is 2.93. The van der Waals surface area contributed by atoms with Crippen LogP contribution in [0.3, 0.4) is 0 Å². The molecule has 2 rings (SSSR count). The van der Waals surface area contributed by atoms with Crippen LogP contribution in [0, 0.1) is 0 Å². The van der Waals surface area contributed by atoms with Crippen LogP contribution in [0.5, 0.6) is 0 Å². The number of amides is 1. The third kappa shape index (κ3) is 9.47. The lowest BCUT2D eigenvalue weighted by Crippen LogP contribution is -2.25. The van der Waals surface area contributed by atoms with Gasteiger partial charge in [0.25, 0.3) is 5.91 Å². The first-order valence-electron chi connectivity index (χ1n) is 10.6. The molecule has 0 radical (unpaired) electrons. The quantitative estimate of drug-likeness (QED) is 0.462. The maximum absolute atomic E-state index is 12.0. The molecule has 5 nitrogen and oxygen atoms in total. The van der Waals surface area contributed by atoms with Crippen molar-refractivity contribution in [2.45, 2.75) is 64.2 Å². The number of pyridine rings is 1. The molecule has 1 aliphatic rings. The van der Waals surface area contributed by atoms with E-state index >= 15 is 0 Å². The molecule has 152 valence electrons. The highest BCUT2D eigenvalue weighted by Crippen LogP contribution is 2.15. The van der Waals surface area contributed by atoms with E-state index in [1.54, 1.807) is 18.3 Å². The predicted molar refractivity (Wildman–Crippen MR) is 116 cm³/mol. The van der Waals surface area contributed by atoms with Crippen molar-refractivity contribution in [1.82, 2.24) is 15.2 Å². The summed E-state index contributed by atoms with van der Waals surface area (Å²) in [6.45, 7) is 3.31. The lowest BCUT2D eigenvalue weighted by molar-refractivity contribution is 0.0953. The van der Waals surface area contributed by atoms with E-state index in [4.69, 9.17) is 5.73 Å². The Bertz CT molecular complexity index is 535. The van der Waals surface area contributed by atoms with E-state index in [2.05, 4.69) is 27.0 Å². The number of nitrogen functional groups attached to an aromatic ring is 1. The number of hydrogen-bond acceptors (Lipinski definition) is 5. The second kappa shape index (κ2) is 13.8. The van der Waals surface area contributed by atoms with Gasteiger partial charge in [-0.15, -0.1) is 11.8 Å². The Morgan fingerprint density at radius 3 is 2.37 bits per heavy atom. The summed E-state index contributed by atoms with van der Waals surface area (Å²) in [4.78, 5) is 18.5. The van der Waals surface area contributed by atoms with Crippen LogP contribution in [-0.4, -0.2) is 47.1 Å². The van der Waals surface area contributed by atoms with Gasteiger partial charge in [-0.25, -0.2) is 4.98 Å². The number of nitrogens with two attached hydrogens (primary N) is 1. The summed E-state index contributed by atoms with van der Waals surface area (Å²) in [5.41, 5.74) is 6.18. The summed E-state index contributed by atoms with van der Waals surface area (Å²) < 4.78 is 0. The van der Waals surface area contributed by atoms with E-state index < -0.39 is 0 Å². The molecule has 0 saturated carbocycles. The van der Waals surface area contributed by atoms with Gasteiger partial charge in [0.05, 0.1) is 5.56 Å². The van der Waals surface area contributed by atoms with Crippen LogP contribution < -0.4 is 11.1 Å². The van der Waals surface area contributed by atoms with Crippen LogP contribution in [0.4, 0.5) is 5.82 Å². The SMILES string of the molecule is Nc1ncccc1C(=O)NCCCCCCCCCCCCN1CCSC1. The van der Waals surface area contributed by atoms with E-state index in [1.165, 1.54) is 82.5 Å². The first-order valence-corrected chi connectivity index (χ1v) is 11.7.